The molecule has 6 heteroatoms. The Labute approximate surface area is 110 Å². The van der Waals surface area contributed by atoms with Gasteiger partial charge in [-0.25, -0.2) is 0 Å². The summed E-state index contributed by atoms with van der Waals surface area (Å²) in [5.41, 5.74) is 0.830. The van der Waals surface area contributed by atoms with E-state index in [9.17, 15) is 14.9 Å². The zero-order valence-electron chi connectivity index (χ0n) is 10.4. The monoisotopic (exact) mass is 264 g/mol. The molecule has 2 unspecified atom stereocenters. The van der Waals surface area contributed by atoms with Crippen molar-refractivity contribution in [3.05, 3.63) is 34.4 Å². The van der Waals surface area contributed by atoms with Gasteiger partial charge in [-0.1, -0.05) is 6.42 Å². The van der Waals surface area contributed by atoms with Crippen LogP contribution in [0.2, 0.25) is 0 Å². The minimum Gasteiger partial charge on any atom is -0.481 e. The van der Waals surface area contributed by atoms with Gasteiger partial charge in [-0.05, 0) is 30.9 Å². The lowest BCUT2D eigenvalue weighted by molar-refractivity contribution is -0.384. The molecule has 0 amide bonds. The number of anilines is 1. The van der Waals surface area contributed by atoms with Crippen LogP contribution in [0.5, 0.6) is 0 Å². The van der Waals surface area contributed by atoms with Crippen molar-refractivity contribution in [1.82, 2.24) is 0 Å². The van der Waals surface area contributed by atoms with Crippen LogP contribution < -0.4 is 5.32 Å². The summed E-state index contributed by atoms with van der Waals surface area (Å²) >= 11 is 0. The van der Waals surface area contributed by atoms with Crippen molar-refractivity contribution >= 4 is 17.3 Å². The largest absolute Gasteiger partial charge is 0.481 e. The van der Waals surface area contributed by atoms with Crippen LogP contribution in [0.3, 0.4) is 0 Å². The van der Waals surface area contributed by atoms with E-state index in [0.717, 1.165) is 24.9 Å². The van der Waals surface area contributed by atoms with Gasteiger partial charge in [0.25, 0.3) is 5.69 Å². The third kappa shape index (κ3) is 3.21. The van der Waals surface area contributed by atoms with Gasteiger partial charge in [-0.15, -0.1) is 0 Å². The number of carboxylic acids is 1. The van der Waals surface area contributed by atoms with E-state index in [2.05, 4.69) is 5.32 Å². The molecule has 0 bridgehead atoms. The molecular weight excluding hydrogens is 248 g/mol. The number of hydrogen-bond donors (Lipinski definition) is 2. The fourth-order valence-electron chi connectivity index (χ4n) is 2.56. The molecule has 0 radical (unpaired) electrons. The van der Waals surface area contributed by atoms with Gasteiger partial charge in [0.1, 0.15) is 0 Å². The minimum absolute atomic E-state index is 0.0508. The van der Waals surface area contributed by atoms with Gasteiger partial charge in [0, 0.05) is 24.4 Å². The Kier molecular flexibility index (Phi) is 3.99. The number of carboxylic acid groups (broad SMARTS) is 1. The summed E-state index contributed by atoms with van der Waals surface area (Å²) in [6, 6.07) is 6.16. The van der Waals surface area contributed by atoms with Crippen LogP contribution in [0.4, 0.5) is 11.4 Å². The van der Waals surface area contributed by atoms with Gasteiger partial charge >= 0.3 is 5.97 Å². The second kappa shape index (κ2) is 5.69. The molecule has 1 aromatic carbocycles. The van der Waals surface area contributed by atoms with Gasteiger partial charge in [-0.3, -0.25) is 14.9 Å². The molecule has 1 aliphatic rings. The first-order chi connectivity index (χ1) is 9.08. The van der Waals surface area contributed by atoms with Gasteiger partial charge in [0.2, 0.25) is 0 Å². The number of nitro groups is 1. The first-order valence-corrected chi connectivity index (χ1v) is 6.29. The lowest BCUT2D eigenvalue weighted by Crippen LogP contribution is -2.24. The number of rotatable bonds is 5. The average Bonchev–Trinajstić information content (AvgIpc) is 2.85. The summed E-state index contributed by atoms with van der Waals surface area (Å²) in [5, 5.41) is 22.7. The van der Waals surface area contributed by atoms with Crippen molar-refractivity contribution < 1.29 is 14.8 Å². The zero-order valence-corrected chi connectivity index (χ0v) is 10.4. The number of hydrogen-bond acceptors (Lipinski definition) is 4. The van der Waals surface area contributed by atoms with Crippen LogP contribution in [0.15, 0.2) is 24.3 Å². The van der Waals surface area contributed by atoms with E-state index < -0.39 is 10.9 Å². The maximum Gasteiger partial charge on any atom is 0.306 e. The van der Waals surface area contributed by atoms with E-state index in [1.807, 2.05) is 0 Å². The number of nitrogens with one attached hydrogen (secondary N) is 1. The zero-order chi connectivity index (χ0) is 13.8. The van der Waals surface area contributed by atoms with Gasteiger partial charge in [-0.2, -0.15) is 0 Å². The number of nitro benzene ring substituents is 1. The highest BCUT2D eigenvalue weighted by atomic mass is 16.6. The highest BCUT2D eigenvalue weighted by Crippen LogP contribution is 2.32. The Morgan fingerprint density at radius 2 is 2.05 bits per heavy atom. The molecule has 0 saturated heterocycles. The first-order valence-electron chi connectivity index (χ1n) is 6.29. The minimum atomic E-state index is -0.729. The Morgan fingerprint density at radius 3 is 2.63 bits per heavy atom. The van der Waals surface area contributed by atoms with Crippen molar-refractivity contribution in [3.8, 4) is 0 Å². The number of carbonyl (C=O) groups is 1. The molecule has 6 nitrogen and oxygen atoms in total. The Hall–Kier alpha value is -2.11. The second-order valence-electron chi connectivity index (χ2n) is 4.82. The highest BCUT2D eigenvalue weighted by Gasteiger charge is 2.32. The molecule has 0 aromatic heterocycles. The third-order valence-corrected chi connectivity index (χ3v) is 3.62. The fourth-order valence-corrected chi connectivity index (χ4v) is 2.56. The summed E-state index contributed by atoms with van der Waals surface area (Å²) < 4.78 is 0. The van der Waals surface area contributed by atoms with E-state index in [1.54, 1.807) is 12.1 Å². The standard InChI is InChI=1S/C13H16N2O4/c16-13(17)12-3-1-2-9(12)8-14-10-4-6-11(7-5-10)15(18)19/h4-7,9,12,14H,1-3,8H2,(H,16,17). The molecule has 1 aliphatic carbocycles. The molecule has 0 heterocycles. The molecule has 0 spiro atoms. The lowest BCUT2D eigenvalue weighted by atomic mass is 9.96. The maximum absolute atomic E-state index is 11.0. The molecule has 19 heavy (non-hydrogen) atoms. The molecule has 2 rings (SSSR count). The summed E-state index contributed by atoms with van der Waals surface area (Å²) in [4.78, 5) is 21.1. The molecule has 1 saturated carbocycles. The van der Waals surface area contributed by atoms with Crippen LogP contribution in [0.25, 0.3) is 0 Å². The maximum atomic E-state index is 11.0. The number of benzene rings is 1. The topological polar surface area (TPSA) is 92.5 Å². The van der Waals surface area contributed by atoms with Crippen molar-refractivity contribution in [2.24, 2.45) is 11.8 Å². The predicted molar refractivity (Wildman–Crippen MR) is 70.1 cm³/mol. The van der Waals surface area contributed by atoms with Gasteiger partial charge in [0.05, 0.1) is 10.8 Å². The van der Waals surface area contributed by atoms with Crippen molar-refractivity contribution in [1.29, 1.82) is 0 Å². The van der Waals surface area contributed by atoms with Crippen LogP contribution in [-0.4, -0.2) is 22.5 Å². The SMILES string of the molecule is O=C(O)C1CCCC1CNc1ccc([N+](=O)[O-])cc1. The Morgan fingerprint density at radius 1 is 1.37 bits per heavy atom. The summed E-state index contributed by atoms with van der Waals surface area (Å²) in [7, 11) is 0. The third-order valence-electron chi connectivity index (χ3n) is 3.62. The quantitative estimate of drug-likeness (QED) is 0.629. The number of non-ortho nitro benzene ring substituents is 1. The van der Waals surface area contributed by atoms with E-state index in [1.165, 1.54) is 12.1 Å². The van der Waals surface area contributed by atoms with E-state index >= 15 is 0 Å². The Bertz CT molecular complexity index is 472. The predicted octanol–water partition coefficient (Wildman–Crippen LogP) is 2.51. The van der Waals surface area contributed by atoms with E-state index in [0.29, 0.717) is 6.54 Å². The molecule has 0 aliphatic heterocycles. The molecule has 1 fully saturated rings. The molecular formula is C13H16N2O4. The molecule has 2 atom stereocenters. The van der Waals surface area contributed by atoms with Crippen LogP contribution in [0, 0.1) is 22.0 Å². The first kappa shape index (κ1) is 13.3. The van der Waals surface area contributed by atoms with Crippen LogP contribution in [0.1, 0.15) is 19.3 Å². The summed E-state index contributed by atoms with van der Waals surface area (Å²) in [6.45, 7) is 0.592. The normalized spacial score (nSPS) is 22.1. The second-order valence-corrected chi connectivity index (χ2v) is 4.82. The van der Waals surface area contributed by atoms with E-state index in [4.69, 9.17) is 5.11 Å². The average molecular weight is 264 g/mol. The van der Waals surface area contributed by atoms with E-state index in [-0.39, 0.29) is 17.5 Å². The van der Waals surface area contributed by atoms with Crippen LogP contribution in [-0.2, 0) is 4.79 Å². The Balaban J connectivity index is 1.91. The van der Waals surface area contributed by atoms with Crippen molar-refractivity contribution in [3.63, 3.8) is 0 Å². The summed E-state index contributed by atoms with van der Waals surface area (Å²) in [6.07, 6.45) is 2.60. The summed E-state index contributed by atoms with van der Waals surface area (Å²) in [5.74, 6) is -0.869. The van der Waals surface area contributed by atoms with Crippen LogP contribution >= 0.6 is 0 Å². The number of nitrogens with zero attached hydrogens (tertiary/aromatic N) is 1. The smallest absolute Gasteiger partial charge is 0.306 e. The van der Waals surface area contributed by atoms with Crippen molar-refractivity contribution in [2.75, 3.05) is 11.9 Å². The van der Waals surface area contributed by atoms with Crippen molar-refractivity contribution in [2.45, 2.75) is 19.3 Å². The van der Waals surface area contributed by atoms with Gasteiger partial charge in [0.15, 0.2) is 0 Å². The highest BCUT2D eigenvalue weighted by molar-refractivity contribution is 5.70. The van der Waals surface area contributed by atoms with Gasteiger partial charge < -0.3 is 10.4 Å². The lowest BCUT2D eigenvalue weighted by Gasteiger charge is -2.16. The number of aliphatic carboxylic acids is 1. The molecule has 1 aromatic rings. The molecule has 2 N–H and O–H groups in total. The fraction of sp³-hybridized carbons (Fsp3) is 0.462. The molecule has 102 valence electrons.